The van der Waals surface area contributed by atoms with Crippen molar-refractivity contribution in [3.63, 3.8) is 0 Å². The molecule has 1 aliphatic rings. The lowest BCUT2D eigenvalue weighted by molar-refractivity contribution is -0.120. The Balaban J connectivity index is 1.59. The van der Waals surface area contributed by atoms with Gasteiger partial charge in [0.15, 0.2) is 0 Å². The fourth-order valence-corrected chi connectivity index (χ4v) is 4.19. The van der Waals surface area contributed by atoms with Crippen molar-refractivity contribution < 1.29 is 4.79 Å². The average Bonchev–Trinajstić information content (AvgIpc) is 3.11. The Labute approximate surface area is 160 Å². The zero-order valence-electron chi connectivity index (χ0n) is 16.4. The van der Waals surface area contributed by atoms with E-state index in [1.165, 1.54) is 0 Å². The lowest BCUT2D eigenvalue weighted by Crippen LogP contribution is -2.37. The van der Waals surface area contributed by atoms with Crippen LogP contribution >= 0.6 is 0 Å². The number of benzene rings is 2. The van der Waals surface area contributed by atoms with E-state index in [1.807, 2.05) is 56.6 Å². The van der Waals surface area contributed by atoms with Crippen molar-refractivity contribution in [1.29, 1.82) is 0 Å². The molecular weight excluding hydrogens is 336 g/mol. The number of rotatable bonds is 3. The number of para-hydroxylation sites is 2. The third kappa shape index (κ3) is 3.35. The standard InChI is InChI=1S/C22H26N4O/c1-22(2)13-19(25(3)14-22)21(27)23-16-9-7-8-15(12-16)20-24-17-10-5-6-11-18(17)26(20)4/h5-12,19H,13-14H2,1-4H3,(H,23,27). The van der Waals surface area contributed by atoms with Gasteiger partial charge in [-0.25, -0.2) is 4.98 Å². The molecule has 0 bridgehead atoms. The number of fused-ring (bicyclic) bond motifs is 1. The van der Waals surface area contributed by atoms with Crippen molar-refractivity contribution in [1.82, 2.24) is 14.5 Å². The maximum absolute atomic E-state index is 12.8. The Kier molecular flexibility index (Phi) is 4.27. The van der Waals surface area contributed by atoms with Crippen molar-refractivity contribution in [2.45, 2.75) is 26.3 Å². The van der Waals surface area contributed by atoms with Gasteiger partial charge in [0.1, 0.15) is 5.82 Å². The number of carbonyl (C=O) groups excluding carboxylic acids is 1. The van der Waals surface area contributed by atoms with Crippen molar-refractivity contribution in [2.75, 3.05) is 18.9 Å². The SMILES string of the molecule is CN1CC(C)(C)CC1C(=O)Nc1cccc(-c2nc3ccccc3n2C)c1. The summed E-state index contributed by atoms with van der Waals surface area (Å²) in [7, 11) is 4.04. The highest BCUT2D eigenvalue weighted by atomic mass is 16.2. The molecular formula is C22H26N4O. The number of carbonyl (C=O) groups is 1. The Morgan fingerprint density at radius 3 is 2.63 bits per heavy atom. The van der Waals surface area contributed by atoms with Gasteiger partial charge in [0.05, 0.1) is 17.1 Å². The van der Waals surface area contributed by atoms with Gasteiger partial charge in [-0.15, -0.1) is 0 Å². The second-order valence-corrected chi connectivity index (χ2v) is 8.35. The first-order valence-corrected chi connectivity index (χ1v) is 9.37. The zero-order valence-corrected chi connectivity index (χ0v) is 16.4. The Morgan fingerprint density at radius 2 is 1.93 bits per heavy atom. The molecule has 4 rings (SSSR count). The van der Waals surface area contributed by atoms with Gasteiger partial charge in [0.25, 0.3) is 0 Å². The highest BCUT2D eigenvalue weighted by Gasteiger charge is 2.39. The number of hydrogen-bond donors (Lipinski definition) is 1. The van der Waals surface area contributed by atoms with E-state index in [1.54, 1.807) is 0 Å². The van der Waals surface area contributed by atoms with E-state index in [0.717, 1.165) is 41.1 Å². The number of amides is 1. The van der Waals surface area contributed by atoms with Crippen LogP contribution in [0.25, 0.3) is 22.4 Å². The molecule has 0 spiro atoms. The van der Waals surface area contributed by atoms with Crippen LogP contribution in [0.5, 0.6) is 0 Å². The van der Waals surface area contributed by atoms with Crippen molar-refractivity contribution in [3.05, 3.63) is 48.5 Å². The first-order chi connectivity index (χ1) is 12.8. The number of nitrogens with one attached hydrogen (secondary N) is 1. The van der Waals surface area contributed by atoms with Gasteiger partial charge >= 0.3 is 0 Å². The predicted molar refractivity (Wildman–Crippen MR) is 110 cm³/mol. The molecule has 27 heavy (non-hydrogen) atoms. The van der Waals surface area contributed by atoms with Gasteiger partial charge in [-0.1, -0.05) is 38.1 Å². The van der Waals surface area contributed by atoms with Gasteiger partial charge < -0.3 is 9.88 Å². The normalized spacial score (nSPS) is 19.5. The number of hydrogen-bond acceptors (Lipinski definition) is 3. The lowest BCUT2D eigenvalue weighted by atomic mass is 9.90. The van der Waals surface area contributed by atoms with Gasteiger partial charge in [0.2, 0.25) is 5.91 Å². The van der Waals surface area contributed by atoms with Crippen LogP contribution in [0.15, 0.2) is 48.5 Å². The van der Waals surface area contributed by atoms with Crippen molar-refractivity contribution in [3.8, 4) is 11.4 Å². The number of nitrogens with zero attached hydrogens (tertiary/aromatic N) is 3. The van der Waals surface area contributed by atoms with E-state index in [4.69, 9.17) is 4.98 Å². The first-order valence-electron chi connectivity index (χ1n) is 9.37. The maximum Gasteiger partial charge on any atom is 0.241 e. The molecule has 1 amide bonds. The summed E-state index contributed by atoms with van der Waals surface area (Å²) >= 11 is 0. The molecule has 140 valence electrons. The highest BCUT2D eigenvalue weighted by molar-refractivity contribution is 5.95. The number of imidazole rings is 1. The highest BCUT2D eigenvalue weighted by Crippen LogP contribution is 2.33. The number of likely N-dealkylation sites (tertiary alicyclic amines) is 1. The summed E-state index contributed by atoms with van der Waals surface area (Å²) in [6, 6.07) is 15.9. The molecule has 1 aromatic heterocycles. The first kappa shape index (κ1) is 17.7. The molecule has 0 radical (unpaired) electrons. The van der Waals surface area contributed by atoms with E-state index in [9.17, 15) is 4.79 Å². The molecule has 0 aliphatic carbocycles. The number of aryl methyl sites for hydroxylation is 1. The van der Waals surface area contributed by atoms with Crippen LogP contribution in [-0.2, 0) is 11.8 Å². The van der Waals surface area contributed by atoms with Crippen LogP contribution in [0.2, 0.25) is 0 Å². The Morgan fingerprint density at radius 1 is 1.15 bits per heavy atom. The third-order valence-electron chi connectivity index (χ3n) is 5.43. The second-order valence-electron chi connectivity index (χ2n) is 8.35. The lowest BCUT2D eigenvalue weighted by Gasteiger charge is -2.18. The summed E-state index contributed by atoms with van der Waals surface area (Å²) < 4.78 is 2.09. The largest absolute Gasteiger partial charge is 0.327 e. The molecule has 3 aromatic rings. The van der Waals surface area contributed by atoms with Crippen LogP contribution < -0.4 is 5.32 Å². The van der Waals surface area contributed by atoms with E-state index in [0.29, 0.717) is 0 Å². The monoisotopic (exact) mass is 362 g/mol. The summed E-state index contributed by atoms with van der Waals surface area (Å²) in [5.74, 6) is 0.955. The fourth-order valence-electron chi connectivity index (χ4n) is 4.19. The summed E-state index contributed by atoms with van der Waals surface area (Å²) in [5.41, 5.74) is 4.04. The van der Waals surface area contributed by atoms with E-state index < -0.39 is 0 Å². The molecule has 1 atom stereocenters. The van der Waals surface area contributed by atoms with Gasteiger partial charge in [-0.05, 0) is 43.1 Å². The molecule has 1 N–H and O–H groups in total. The minimum Gasteiger partial charge on any atom is -0.327 e. The van der Waals surface area contributed by atoms with Crippen LogP contribution in [0.3, 0.4) is 0 Å². The molecule has 5 heteroatoms. The fraction of sp³-hybridized carbons (Fsp3) is 0.364. The quantitative estimate of drug-likeness (QED) is 0.768. The smallest absolute Gasteiger partial charge is 0.241 e. The maximum atomic E-state index is 12.8. The number of likely N-dealkylation sites (N-methyl/N-ethyl adjacent to an activating group) is 1. The Bertz CT molecular complexity index is 1000. The molecule has 2 heterocycles. The molecule has 1 saturated heterocycles. The molecule has 1 unspecified atom stereocenters. The molecule has 0 saturated carbocycles. The van der Waals surface area contributed by atoms with Crippen LogP contribution in [0, 0.1) is 5.41 Å². The van der Waals surface area contributed by atoms with E-state index in [2.05, 4.69) is 34.7 Å². The number of anilines is 1. The van der Waals surface area contributed by atoms with Crippen molar-refractivity contribution in [2.24, 2.45) is 12.5 Å². The molecule has 2 aromatic carbocycles. The zero-order chi connectivity index (χ0) is 19.2. The van der Waals surface area contributed by atoms with Crippen LogP contribution in [-0.4, -0.2) is 40.0 Å². The van der Waals surface area contributed by atoms with Crippen LogP contribution in [0.1, 0.15) is 20.3 Å². The summed E-state index contributed by atoms with van der Waals surface area (Å²) in [6.45, 7) is 5.36. The topological polar surface area (TPSA) is 50.2 Å². The molecule has 1 aliphatic heterocycles. The molecule has 5 nitrogen and oxygen atoms in total. The third-order valence-corrected chi connectivity index (χ3v) is 5.43. The van der Waals surface area contributed by atoms with Gasteiger partial charge in [-0.3, -0.25) is 9.69 Å². The van der Waals surface area contributed by atoms with Crippen LogP contribution in [0.4, 0.5) is 5.69 Å². The number of aromatic nitrogens is 2. The van der Waals surface area contributed by atoms with E-state index in [-0.39, 0.29) is 17.4 Å². The summed E-state index contributed by atoms with van der Waals surface area (Å²) in [5, 5.41) is 3.10. The van der Waals surface area contributed by atoms with Gasteiger partial charge in [-0.2, -0.15) is 0 Å². The Hall–Kier alpha value is -2.66. The minimum absolute atomic E-state index is 0.0604. The van der Waals surface area contributed by atoms with Gasteiger partial charge in [0, 0.05) is 24.8 Å². The summed E-state index contributed by atoms with van der Waals surface area (Å²) in [6.07, 6.45) is 0.875. The minimum atomic E-state index is -0.0839. The van der Waals surface area contributed by atoms with Crippen molar-refractivity contribution >= 4 is 22.6 Å². The predicted octanol–water partition coefficient (Wildman–Crippen LogP) is 3.91. The molecule has 1 fully saturated rings. The second kappa shape index (κ2) is 6.50. The summed E-state index contributed by atoms with van der Waals surface area (Å²) in [4.78, 5) is 19.7. The van der Waals surface area contributed by atoms with E-state index >= 15 is 0 Å². The average molecular weight is 362 g/mol.